The van der Waals surface area contributed by atoms with Crippen molar-refractivity contribution in [1.29, 1.82) is 0 Å². The van der Waals surface area contributed by atoms with Gasteiger partial charge in [0, 0.05) is 11.4 Å². The molecule has 0 aliphatic heterocycles. The van der Waals surface area contributed by atoms with E-state index in [-0.39, 0.29) is 6.61 Å². The SMILES string of the molecule is C=CC(=O)O.OCCBr. The lowest BCUT2D eigenvalue weighted by Crippen LogP contribution is -1.82. The topological polar surface area (TPSA) is 57.5 Å². The van der Waals surface area contributed by atoms with E-state index in [0.717, 1.165) is 6.08 Å². The molecule has 0 unspecified atom stereocenters. The molecule has 0 atom stereocenters. The molecular formula is C5H9BrO3. The van der Waals surface area contributed by atoms with E-state index in [9.17, 15) is 4.79 Å². The number of hydrogen-bond donors (Lipinski definition) is 2. The van der Waals surface area contributed by atoms with E-state index in [4.69, 9.17) is 10.2 Å². The largest absolute Gasteiger partial charge is 0.478 e. The van der Waals surface area contributed by atoms with Crippen molar-refractivity contribution in [2.75, 3.05) is 11.9 Å². The van der Waals surface area contributed by atoms with Gasteiger partial charge in [0.05, 0.1) is 6.61 Å². The van der Waals surface area contributed by atoms with Crippen LogP contribution in [0.25, 0.3) is 0 Å². The zero-order valence-corrected chi connectivity index (χ0v) is 6.47. The van der Waals surface area contributed by atoms with Gasteiger partial charge in [-0.15, -0.1) is 0 Å². The highest BCUT2D eigenvalue weighted by Gasteiger charge is 1.73. The Kier molecular flexibility index (Phi) is 13.5. The van der Waals surface area contributed by atoms with Gasteiger partial charge >= 0.3 is 5.97 Å². The number of aliphatic hydroxyl groups is 1. The number of aliphatic hydroxyl groups excluding tert-OH is 1. The first-order valence-electron chi connectivity index (χ1n) is 2.21. The first kappa shape index (κ1) is 11.4. The summed E-state index contributed by atoms with van der Waals surface area (Å²) in [6, 6.07) is 0. The first-order chi connectivity index (χ1) is 4.18. The summed E-state index contributed by atoms with van der Waals surface area (Å²) in [6.07, 6.45) is 0.833. The van der Waals surface area contributed by atoms with E-state index in [1.165, 1.54) is 0 Å². The number of halogens is 1. The maximum Gasteiger partial charge on any atom is 0.327 e. The Balaban J connectivity index is 0. The molecule has 0 fully saturated rings. The van der Waals surface area contributed by atoms with Crippen LogP contribution in [0.5, 0.6) is 0 Å². The molecule has 3 nitrogen and oxygen atoms in total. The number of carboxylic acids is 1. The minimum Gasteiger partial charge on any atom is -0.478 e. The van der Waals surface area contributed by atoms with Crippen LogP contribution in [0, 0.1) is 0 Å². The summed E-state index contributed by atoms with van der Waals surface area (Å²) in [5.74, 6) is -0.981. The van der Waals surface area contributed by atoms with Crippen LogP contribution in [0.2, 0.25) is 0 Å². The van der Waals surface area contributed by atoms with Crippen LogP contribution in [0.1, 0.15) is 0 Å². The van der Waals surface area contributed by atoms with Crippen molar-refractivity contribution in [2.45, 2.75) is 0 Å². The lowest BCUT2D eigenvalue weighted by atomic mass is 10.7. The summed E-state index contributed by atoms with van der Waals surface area (Å²) in [5, 5.41) is 16.1. The summed E-state index contributed by atoms with van der Waals surface area (Å²) in [5.41, 5.74) is 0. The van der Waals surface area contributed by atoms with Gasteiger partial charge in [0.15, 0.2) is 0 Å². The van der Waals surface area contributed by atoms with Gasteiger partial charge in [0.2, 0.25) is 0 Å². The lowest BCUT2D eigenvalue weighted by molar-refractivity contribution is -0.131. The van der Waals surface area contributed by atoms with Crippen molar-refractivity contribution >= 4 is 21.9 Å². The molecule has 0 aromatic carbocycles. The maximum atomic E-state index is 9.25. The fourth-order valence-electron chi connectivity index (χ4n) is 0. The third-order valence-electron chi connectivity index (χ3n) is 0.259. The Labute approximate surface area is 62.1 Å². The normalized spacial score (nSPS) is 6.89. The van der Waals surface area contributed by atoms with E-state index in [2.05, 4.69) is 22.5 Å². The third-order valence-corrected chi connectivity index (χ3v) is 0.614. The summed E-state index contributed by atoms with van der Waals surface area (Å²) >= 11 is 3.00. The highest BCUT2D eigenvalue weighted by atomic mass is 79.9. The van der Waals surface area contributed by atoms with Crippen molar-refractivity contribution in [3.05, 3.63) is 12.7 Å². The number of hydrogen-bond acceptors (Lipinski definition) is 2. The van der Waals surface area contributed by atoms with Gasteiger partial charge in [-0.1, -0.05) is 22.5 Å². The lowest BCUT2D eigenvalue weighted by Gasteiger charge is -1.67. The van der Waals surface area contributed by atoms with Gasteiger partial charge in [-0.05, 0) is 0 Å². The van der Waals surface area contributed by atoms with Crippen LogP contribution in [0.15, 0.2) is 12.7 Å². The minimum atomic E-state index is -0.981. The van der Waals surface area contributed by atoms with E-state index in [1.54, 1.807) is 0 Å². The predicted octanol–water partition coefficient (Wildman–Crippen LogP) is 0.631. The summed E-state index contributed by atoms with van der Waals surface area (Å²) < 4.78 is 0. The van der Waals surface area contributed by atoms with Gasteiger partial charge in [-0.2, -0.15) is 0 Å². The molecule has 0 bridgehead atoms. The van der Waals surface area contributed by atoms with Crippen molar-refractivity contribution < 1.29 is 15.0 Å². The van der Waals surface area contributed by atoms with Crippen molar-refractivity contribution in [3.63, 3.8) is 0 Å². The average molecular weight is 197 g/mol. The number of carbonyl (C=O) groups is 1. The van der Waals surface area contributed by atoms with Crippen LogP contribution in [0.4, 0.5) is 0 Å². The summed E-state index contributed by atoms with van der Waals surface area (Å²) in [6.45, 7) is 3.20. The molecule has 9 heavy (non-hydrogen) atoms. The van der Waals surface area contributed by atoms with E-state index >= 15 is 0 Å². The summed E-state index contributed by atoms with van der Waals surface area (Å²) in [4.78, 5) is 9.25. The van der Waals surface area contributed by atoms with Crippen molar-refractivity contribution in [1.82, 2.24) is 0 Å². The molecule has 54 valence electrons. The zero-order valence-electron chi connectivity index (χ0n) is 4.88. The van der Waals surface area contributed by atoms with Gasteiger partial charge in [-0.25, -0.2) is 4.79 Å². The van der Waals surface area contributed by atoms with Gasteiger partial charge in [0.25, 0.3) is 0 Å². The number of rotatable bonds is 2. The zero-order chi connectivity index (χ0) is 7.70. The Bertz CT molecular complexity index is 80.3. The van der Waals surface area contributed by atoms with Gasteiger partial charge < -0.3 is 10.2 Å². The van der Waals surface area contributed by atoms with Gasteiger partial charge in [0.1, 0.15) is 0 Å². The average Bonchev–Trinajstić information content (AvgIpc) is 1.89. The van der Waals surface area contributed by atoms with E-state index in [0.29, 0.717) is 5.33 Å². The number of carboxylic acid groups (broad SMARTS) is 1. The molecule has 0 aromatic heterocycles. The van der Waals surface area contributed by atoms with Crippen LogP contribution in [-0.4, -0.2) is 28.1 Å². The molecule has 0 amide bonds. The molecule has 0 spiro atoms. The fourth-order valence-corrected chi connectivity index (χ4v) is 0. The van der Waals surface area contributed by atoms with Crippen LogP contribution >= 0.6 is 15.9 Å². The second-order valence-corrected chi connectivity index (χ2v) is 1.75. The molecule has 0 heterocycles. The van der Waals surface area contributed by atoms with Crippen LogP contribution < -0.4 is 0 Å². The number of aliphatic carboxylic acids is 1. The molecule has 0 aliphatic carbocycles. The van der Waals surface area contributed by atoms with Gasteiger partial charge in [-0.3, -0.25) is 0 Å². The Morgan fingerprint density at radius 1 is 1.78 bits per heavy atom. The van der Waals surface area contributed by atoms with Crippen LogP contribution in [0.3, 0.4) is 0 Å². The highest BCUT2D eigenvalue weighted by molar-refractivity contribution is 9.09. The van der Waals surface area contributed by atoms with Crippen molar-refractivity contribution in [2.24, 2.45) is 0 Å². The Morgan fingerprint density at radius 2 is 2.00 bits per heavy atom. The molecule has 0 aromatic rings. The number of alkyl halides is 1. The molecule has 0 aliphatic rings. The quantitative estimate of drug-likeness (QED) is 0.504. The Hall–Kier alpha value is -0.350. The standard InChI is InChI=1S/C3H4O2.C2H5BrO/c1-2-3(4)5;3-1-2-4/h2H,1H2,(H,4,5);4H,1-2H2. The molecule has 0 saturated heterocycles. The Morgan fingerprint density at radius 3 is 2.00 bits per heavy atom. The van der Waals surface area contributed by atoms with Crippen molar-refractivity contribution in [3.8, 4) is 0 Å². The smallest absolute Gasteiger partial charge is 0.327 e. The molecule has 0 radical (unpaired) electrons. The summed E-state index contributed by atoms with van der Waals surface area (Å²) in [7, 11) is 0. The second-order valence-electron chi connectivity index (χ2n) is 0.955. The molecule has 4 heteroatoms. The second kappa shape index (κ2) is 10.6. The molecule has 0 rings (SSSR count). The predicted molar refractivity (Wildman–Crippen MR) is 38.7 cm³/mol. The van der Waals surface area contributed by atoms with Crippen LogP contribution in [-0.2, 0) is 4.79 Å². The highest BCUT2D eigenvalue weighted by Crippen LogP contribution is 1.69. The monoisotopic (exact) mass is 196 g/mol. The van der Waals surface area contributed by atoms with E-state index in [1.807, 2.05) is 0 Å². The molecule has 2 N–H and O–H groups in total. The fraction of sp³-hybridized carbons (Fsp3) is 0.400. The molecule has 0 saturated carbocycles. The maximum absolute atomic E-state index is 9.25. The minimum absolute atomic E-state index is 0.236. The third kappa shape index (κ3) is 34.8. The first-order valence-corrected chi connectivity index (χ1v) is 3.33. The van der Waals surface area contributed by atoms with E-state index < -0.39 is 5.97 Å². The molecular weight excluding hydrogens is 188 g/mol.